The molecule has 0 unspecified atom stereocenters. The van der Waals surface area contributed by atoms with Gasteiger partial charge in [0.1, 0.15) is 0 Å². The van der Waals surface area contributed by atoms with Gasteiger partial charge in [-0.2, -0.15) is 5.10 Å². The first-order chi connectivity index (χ1) is 11.5. The number of carbonyl (C=O) groups excluding carboxylic acids is 1. The number of amides is 2. The number of ether oxygens (including phenoxy) is 1. The highest BCUT2D eigenvalue weighted by molar-refractivity contribution is 5.74. The van der Waals surface area contributed by atoms with Crippen molar-refractivity contribution in [3.8, 4) is 0 Å². The number of aryl methyl sites for hydroxylation is 2. The molecule has 2 aliphatic carbocycles. The van der Waals surface area contributed by atoms with E-state index in [9.17, 15) is 4.79 Å². The number of nitrogens with zero attached hydrogens (tertiary/aromatic N) is 2. The molecule has 0 radical (unpaired) electrons. The van der Waals surface area contributed by atoms with E-state index in [-0.39, 0.29) is 17.5 Å². The third-order valence-corrected chi connectivity index (χ3v) is 6.00. The Hall–Kier alpha value is -1.56. The minimum atomic E-state index is -0.0794. The number of aromatic nitrogens is 2. The molecule has 2 atom stereocenters. The van der Waals surface area contributed by atoms with Crippen LogP contribution in [0.2, 0.25) is 0 Å². The third kappa shape index (κ3) is 2.81. The molecule has 6 heteroatoms. The monoisotopic (exact) mass is 334 g/mol. The first kappa shape index (κ1) is 17.3. The maximum Gasteiger partial charge on any atom is 0.315 e. The smallest absolute Gasteiger partial charge is 0.315 e. The molecule has 1 aromatic heterocycles. The van der Waals surface area contributed by atoms with Crippen molar-refractivity contribution >= 4 is 6.03 Å². The molecule has 3 rings (SSSR count). The summed E-state index contributed by atoms with van der Waals surface area (Å²) in [4.78, 5) is 12.3. The zero-order valence-electron chi connectivity index (χ0n) is 15.3. The summed E-state index contributed by atoms with van der Waals surface area (Å²) >= 11 is 0. The van der Waals surface area contributed by atoms with Gasteiger partial charge in [-0.15, -0.1) is 0 Å². The fourth-order valence-electron chi connectivity index (χ4n) is 4.32. The van der Waals surface area contributed by atoms with Gasteiger partial charge in [0.25, 0.3) is 0 Å². The van der Waals surface area contributed by atoms with Crippen LogP contribution >= 0.6 is 0 Å². The van der Waals surface area contributed by atoms with Crippen LogP contribution < -0.4 is 10.6 Å². The van der Waals surface area contributed by atoms with E-state index in [1.54, 1.807) is 0 Å². The lowest BCUT2D eigenvalue weighted by Crippen LogP contribution is -2.68. The van der Waals surface area contributed by atoms with E-state index in [1.807, 2.05) is 18.5 Å². The number of rotatable bonds is 6. The van der Waals surface area contributed by atoms with Gasteiger partial charge < -0.3 is 15.4 Å². The Kier molecular flexibility index (Phi) is 4.85. The van der Waals surface area contributed by atoms with Crippen LogP contribution in [0.3, 0.4) is 0 Å². The lowest BCUT2D eigenvalue weighted by Gasteiger charge is -2.60. The largest absolute Gasteiger partial charge is 0.378 e. The van der Waals surface area contributed by atoms with Gasteiger partial charge in [-0.3, -0.25) is 4.68 Å². The molecule has 1 heterocycles. The summed E-state index contributed by atoms with van der Waals surface area (Å²) in [5.74, 6) is 0. The minimum absolute atomic E-state index is 0.0794. The summed E-state index contributed by atoms with van der Waals surface area (Å²) in [5.41, 5.74) is 3.44. The predicted octanol–water partition coefficient (Wildman–Crippen LogP) is 2.67. The van der Waals surface area contributed by atoms with E-state index in [4.69, 9.17) is 4.74 Å². The fourth-order valence-corrected chi connectivity index (χ4v) is 4.32. The average Bonchev–Trinajstić information content (AvgIpc) is 2.76. The Morgan fingerprint density at radius 1 is 1.38 bits per heavy atom. The zero-order valence-corrected chi connectivity index (χ0v) is 15.3. The summed E-state index contributed by atoms with van der Waals surface area (Å²) in [6.45, 7) is 10.3. The number of hydrogen-bond acceptors (Lipinski definition) is 3. The minimum Gasteiger partial charge on any atom is -0.378 e. The van der Waals surface area contributed by atoms with Gasteiger partial charge in [0.15, 0.2) is 0 Å². The molecule has 2 aliphatic rings. The van der Waals surface area contributed by atoms with Crippen LogP contribution in [-0.4, -0.2) is 34.6 Å². The molecule has 0 aliphatic heterocycles. The van der Waals surface area contributed by atoms with Gasteiger partial charge in [0, 0.05) is 42.4 Å². The van der Waals surface area contributed by atoms with Gasteiger partial charge in [-0.25, -0.2) is 4.79 Å². The average molecular weight is 334 g/mol. The van der Waals surface area contributed by atoms with E-state index in [0.717, 1.165) is 36.5 Å². The standard InChI is InChI=1S/C18H30N4O2/c1-5-22-13(4)14(12(3)21-22)11-19-17(23)20-15-10-16(24-6-2)18(15)8-7-9-18/h15-16H,5-11H2,1-4H3,(H2,19,20,23)/t15-,16+/m1/s1. The molecule has 24 heavy (non-hydrogen) atoms. The van der Waals surface area contributed by atoms with Crippen molar-refractivity contribution in [2.24, 2.45) is 5.41 Å². The maximum atomic E-state index is 12.3. The quantitative estimate of drug-likeness (QED) is 0.840. The Morgan fingerprint density at radius 2 is 2.12 bits per heavy atom. The van der Waals surface area contributed by atoms with Crippen molar-refractivity contribution in [3.05, 3.63) is 17.0 Å². The van der Waals surface area contributed by atoms with Crippen molar-refractivity contribution in [2.45, 2.75) is 78.6 Å². The van der Waals surface area contributed by atoms with Gasteiger partial charge in [0.2, 0.25) is 0 Å². The molecule has 2 amide bonds. The lowest BCUT2D eigenvalue weighted by atomic mass is 9.51. The van der Waals surface area contributed by atoms with E-state index in [1.165, 1.54) is 19.3 Å². The normalized spacial score (nSPS) is 24.3. The summed E-state index contributed by atoms with van der Waals surface area (Å²) in [5, 5.41) is 10.7. The zero-order chi connectivity index (χ0) is 17.3. The molecule has 2 fully saturated rings. The second-order valence-corrected chi connectivity index (χ2v) is 7.11. The van der Waals surface area contributed by atoms with Crippen LogP contribution in [0, 0.1) is 19.3 Å². The second-order valence-electron chi connectivity index (χ2n) is 7.11. The molecular formula is C18H30N4O2. The molecular weight excluding hydrogens is 304 g/mol. The fraction of sp³-hybridized carbons (Fsp3) is 0.778. The van der Waals surface area contributed by atoms with Gasteiger partial charge in [-0.05, 0) is 47.0 Å². The van der Waals surface area contributed by atoms with Crippen LogP contribution in [0.4, 0.5) is 4.79 Å². The second kappa shape index (κ2) is 6.75. The van der Waals surface area contributed by atoms with Crippen molar-refractivity contribution in [2.75, 3.05) is 6.61 Å². The molecule has 2 N–H and O–H groups in total. The predicted molar refractivity (Wildman–Crippen MR) is 92.8 cm³/mol. The summed E-state index contributed by atoms with van der Waals surface area (Å²) in [7, 11) is 0. The highest BCUT2D eigenvalue weighted by atomic mass is 16.5. The Labute approximate surface area is 144 Å². The molecule has 134 valence electrons. The third-order valence-electron chi connectivity index (χ3n) is 6.00. The van der Waals surface area contributed by atoms with Crippen LogP contribution in [-0.2, 0) is 17.8 Å². The van der Waals surface area contributed by atoms with Crippen molar-refractivity contribution in [3.63, 3.8) is 0 Å². The van der Waals surface area contributed by atoms with Gasteiger partial charge in [-0.1, -0.05) is 6.42 Å². The van der Waals surface area contributed by atoms with Crippen LogP contribution in [0.1, 0.15) is 56.5 Å². The SMILES string of the molecule is CCO[C@H]1C[C@@H](NC(=O)NCc2c(C)nn(CC)c2C)C12CCC2. The van der Waals surface area contributed by atoms with E-state index in [2.05, 4.69) is 29.6 Å². The number of nitrogens with one attached hydrogen (secondary N) is 2. The first-order valence-corrected chi connectivity index (χ1v) is 9.20. The maximum absolute atomic E-state index is 12.3. The molecule has 6 nitrogen and oxygen atoms in total. The summed E-state index contributed by atoms with van der Waals surface area (Å²) < 4.78 is 7.82. The Bertz CT molecular complexity index is 606. The topological polar surface area (TPSA) is 68.2 Å². The highest BCUT2D eigenvalue weighted by Crippen LogP contribution is 2.57. The number of carbonyl (C=O) groups is 1. The molecule has 0 aromatic carbocycles. The van der Waals surface area contributed by atoms with Crippen molar-refractivity contribution < 1.29 is 9.53 Å². The molecule has 1 spiro atoms. The molecule has 0 saturated heterocycles. The molecule has 0 bridgehead atoms. The number of hydrogen-bond donors (Lipinski definition) is 2. The molecule has 1 aromatic rings. The highest BCUT2D eigenvalue weighted by Gasteiger charge is 2.59. The summed E-state index contributed by atoms with van der Waals surface area (Å²) in [6.07, 6.45) is 4.85. The van der Waals surface area contributed by atoms with Crippen molar-refractivity contribution in [1.29, 1.82) is 0 Å². The Morgan fingerprint density at radius 3 is 2.67 bits per heavy atom. The lowest BCUT2D eigenvalue weighted by molar-refractivity contribution is -0.169. The van der Waals surface area contributed by atoms with E-state index < -0.39 is 0 Å². The van der Waals surface area contributed by atoms with E-state index >= 15 is 0 Å². The van der Waals surface area contributed by atoms with Gasteiger partial charge >= 0.3 is 6.03 Å². The molecule has 2 saturated carbocycles. The van der Waals surface area contributed by atoms with Crippen LogP contribution in [0.25, 0.3) is 0 Å². The number of urea groups is 1. The van der Waals surface area contributed by atoms with E-state index in [0.29, 0.717) is 12.6 Å². The van der Waals surface area contributed by atoms with Crippen molar-refractivity contribution in [1.82, 2.24) is 20.4 Å². The van der Waals surface area contributed by atoms with Gasteiger partial charge in [0.05, 0.1) is 11.8 Å². The first-order valence-electron chi connectivity index (χ1n) is 9.20. The Balaban J connectivity index is 1.53. The van der Waals surface area contributed by atoms with Crippen LogP contribution in [0.5, 0.6) is 0 Å². The summed E-state index contributed by atoms with van der Waals surface area (Å²) in [6, 6.07) is 0.174. The van der Waals surface area contributed by atoms with Crippen LogP contribution in [0.15, 0.2) is 0 Å².